The average Bonchev–Trinajstić information content (AvgIpc) is 2.16. The fourth-order valence-corrected chi connectivity index (χ4v) is 1.77. The van der Waals surface area contributed by atoms with Crippen LogP contribution in [0.1, 0.15) is 5.56 Å². The Morgan fingerprint density at radius 3 is 2.47 bits per heavy atom. The van der Waals surface area contributed by atoms with Crippen molar-refractivity contribution in [1.29, 1.82) is 0 Å². The van der Waals surface area contributed by atoms with E-state index >= 15 is 0 Å². The van der Waals surface area contributed by atoms with Crippen LogP contribution in [0.4, 0.5) is 4.39 Å². The SMILES string of the molecule is Cc1cccc(-c2cc(F)cc(Cl)c2)c1. The Morgan fingerprint density at radius 2 is 1.80 bits per heavy atom. The van der Waals surface area contributed by atoms with Gasteiger partial charge in [-0.15, -0.1) is 0 Å². The summed E-state index contributed by atoms with van der Waals surface area (Å²) in [6.07, 6.45) is 0. The molecular formula is C13H10ClF. The first-order valence-corrected chi connectivity index (χ1v) is 5.06. The van der Waals surface area contributed by atoms with Crippen LogP contribution in [0.3, 0.4) is 0 Å². The number of halogens is 2. The maximum absolute atomic E-state index is 13.1. The molecule has 0 amide bonds. The molecule has 0 heterocycles. The molecule has 2 aromatic carbocycles. The van der Waals surface area contributed by atoms with E-state index in [0.717, 1.165) is 16.7 Å². The highest BCUT2D eigenvalue weighted by molar-refractivity contribution is 6.30. The van der Waals surface area contributed by atoms with Crippen molar-refractivity contribution in [3.8, 4) is 11.1 Å². The van der Waals surface area contributed by atoms with Gasteiger partial charge < -0.3 is 0 Å². The third kappa shape index (κ3) is 2.37. The van der Waals surface area contributed by atoms with Crippen molar-refractivity contribution in [1.82, 2.24) is 0 Å². The first-order chi connectivity index (χ1) is 7.15. The summed E-state index contributed by atoms with van der Waals surface area (Å²) in [5.41, 5.74) is 2.94. The van der Waals surface area contributed by atoms with Gasteiger partial charge in [0.1, 0.15) is 5.82 Å². The minimum absolute atomic E-state index is 0.306. The second-order valence-corrected chi connectivity index (χ2v) is 3.96. The van der Waals surface area contributed by atoms with Gasteiger partial charge in [0.15, 0.2) is 0 Å². The van der Waals surface area contributed by atoms with Gasteiger partial charge in [0, 0.05) is 5.02 Å². The zero-order valence-corrected chi connectivity index (χ0v) is 9.05. The molecule has 0 spiro atoms. The Balaban J connectivity index is 2.54. The van der Waals surface area contributed by atoms with Gasteiger partial charge in [0.25, 0.3) is 0 Å². The van der Waals surface area contributed by atoms with Crippen molar-refractivity contribution in [2.45, 2.75) is 6.92 Å². The van der Waals surface area contributed by atoms with Gasteiger partial charge >= 0.3 is 0 Å². The Kier molecular flexibility index (Phi) is 2.74. The molecule has 2 rings (SSSR count). The van der Waals surface area contributed by atoms with Gasteiger partial charge in [-0.3, -0.25) is 0 Å². The first kappa shape index (κ1) is 10.2. The van der Waals surface area contributed by atoms with Gasteiger partial charge in [0.05, 0.1) is 0 Å². The lowest BCUT2D eigenvalue weighted by molar-refractivity contribution is 0.628. The number of hydrogen-bond donors (Lipinski definition) is 0. The van der Waals surface area contributed by atoms with Crippen LogP contribution >= 0.6 is 11.6 Å². The van der Waals surface area contributed by atoms with Crippen LogP contribution < -0.4 is 0 Å². The third-order valence-electron chi connectivity index (χ3n) is 2.21. The molecular weight excluding hydrogens is 211 g/mol. The van der Waals surface area contributed by atoms with Gasteiger partial charge in [-0.25, -0.2) is 4.39 Å². The molecule has 0 saturated carbocycles. The molecule has 76 valence electrons. The molecule has 15 heavy (non-hydrogen) atoms. The standard InChI is InChI=1S/C13H10ClF/c1-9-3-2-4-10(5-9)11-6-12(14)8-13(15)7-11/h2-8H,1H3. The lowest BCUT2D eigenvalue weighted by atomic mass is 10.0. The molecule has 0 aliphatic rings. The largest absolute Gasteiger partial charge is 0.207 e. The molecule has 0 aliphatic carbocycles. The van der Waals surface area contributed by atoms with E-state index in [2.05, 4.69) is 0 Å². The Bertz CT molecular complexity index is 471. The van der Waals surface area contributed by atoms with Crippen LogP contribution in [-0.4, -0.2) is 0 Å². The molecule has 2 heteroatoms. The highest BCUT2D eigenvalue weighted by Crippen LogP contribution is 2.24. The van der Waals surface area contributed by atoms with Crippen molar-refractivity contribution >= 4 is 11.6 Å². The lowest BCUT2D eigenvalue weighted by Gasteiger charge is -2.03. The minimum atomic E-state index is -0.306. The summed E-state index contributed by atoms with van der Waals surface area (Å²) in [5, 5.41) is 0.423. The van der Waals surface area contributed by atoms with E-state index in [1.54, 1.807) is 6.07 Å². The van der Waals surface area contributed by atoms with Crippen LogP contribution in [0.25, 0.3) is 11.1 Å². The van der Waals surface area contributed by atoms with Crippen LogP contribution in [0.15, 0.2) is 42.5 Å². The topological polar surface area (TPSA) is 0 Å². The van der Waals surface area contributed by atoms with Gasteiger partial charge in [-0.1, -0.05) is 41.4 Å². The van der Waals surface area contributed by atoms with E-state index < -0.39 is 0 Å². The molecule has 0 bridgehead atoms. The summed E-state index contributed by atoms with van der Waals surface area (Å²) in [6, 6.07) is 12.5. The molecule has 0 aromatic heterocycles. The van der Waals surface area contributed by atoms with Gasteiger partial charge in [-0.05, 0) is 36.2 Å². The van der Waals surface area contributed by atoms with E-state index in [4.69, 9.17) is 11.6 Å². The van der Waals surface area contributed by atoms with Crippen molar-refractivity contribution < 1.29 is 4.39 Å². The monoisotopic (exact) mass is 220 g/mol. The molecule has 0 nitrogen and oxygen atoms in total. The first-order valence-electron chi connectivity index (χ1n) is 4.68. The minimum Gasteiger partial charge on any atom is -0.207 e. The highest BCUT2D eigenvalue weighted by atomic mass is 35.5. The van der Waals surface area contributed by atoms with E-state index in [0.29, 0.717) is 5.02 Å². The molecule has 0 radical (unpaired) electrons. The summed E-state index contributed by atoms with van der Waals surface area (Å²) in [4.78, 5) is 0. The Labute approximate surface area is 93.3 Å². The maximum atomic E-state index is 13.1. The zero-order chi connectivity index (χ0) is 10.8. The van der Waals surface area contributed by atoms with E-state index in [9.17, 15) is 4.39 Å². The normalized spacial score (nSPS) is 10.3. The zero-order valence-electron chi connectivity index (χ0n) is 8.30. The van der Waals surface area contributed by atoms with Crippen molar-refractivity contribution in [2.75, 3.05) is 0 Å². The second kappa shape index (κ2) is 4.03. The summed E-state index contributed by atoms with van der Waals surface area (Å²) >= 11 is 5.80. The van der Waals surface area contributed by atoms with E-state index in [1.165, 1.54) is 12.1 Å². The quantitative estimate of drug-likeness (QED) is 0.666. The number of rotatable bonds is 1. The summed E-state index contributed by atoms with van der Waals surface area (Å²) < 4.78 is 13.1. The van der Waals surface area contributed by atoms with Crippen LogP contribution in [0, 0.1) is 12.7 Å². The van der Waals surface area contributed by atoms with Crippen molar-refractivity contribution in [2.24, 2.45) is 0 Å². The number of hydrogen-bond acceptors (Lipinski definition) is 0. The summed E-state index contributed by atoms with van der Waals surface area (Å²) in [5.74, 6) is -0.306. The second-order valence-electron chi connectivity index (χ2n) is 3.53. The molecule has 0 aliphatic heterocycles. The molecule has 0 fully saturated rings. The lowest BCUT2D eigenvalue weighted by Crippen LogP contribution is -1.82. The molecule has 0 unspecified atom stereocenters. The predicted octanol–water partition coefficient (Wildman–Crippen LogP) is 4.45. The Morgan fingerprint density at radius 1 is 1.00 bits per heavy atom. The van der Waals surface area contributed by atoms with Crippen LogP contribution in [0.2, 0.25) is 5.02 Å². The van der Waals surface area contributed by atoms with Gasteiger partial charge in [-0.2, -0.15) is 0 Å². The molecule has 0 saturated heterocycles. The maximum Gasteiger partial charge on any atom is 0.125 e. The summed E-state index contributed by atoms with van der Waals surface area (Å²) in [7, 11) is 0. The fourth-order valence-electron chi connectivity index (χ4n) is 1.55. The average molecular weight is 221 g/mol. The van der Waals surface area contributed by atoms with Crippen molar-refractivity contribution in [3.63, 3.8) is 0 Å². The third-order valence-corrected chi connectivity index (χ3v) is 2.43. The number of aryl methyl sites for hydroxylation is 1. The van der Waals surface area contributed by atoms with E-state index in [1.807, 2.05) is 31.2 Å². The van der Waals surface area contributed by atoms with Gasteiger partial charge in [0.2, 0.25) is 0 Å². The molecule has 2 aromatic rings. The van der Waals surface area contributed by atoms with Crippen LogP contribution in [0.5, 0.6) is 0 Å². The fraction of sp³-hybridized carbons (Fsp3) is 0.0769. The molecule has 0 N–H and O–H groups in total. The molecule has 0 atom stereocenters. The van der Waals surface area contributed by atoms with Crippen LogP contribution in [-0.2, 0) is 0 Å². The number of benzene rings is 2. The summed E-state index contributed by atoms with van der Waals surface area (Å²) in [6.45, 7) is 2.00. The highest BCUT2D eigenvalue weighted by Gasteiger charge is 2.01. The smallest absolute Gasteiger partial charge is 0.125 e. The Hall–Kier alpha value is -1.34. The van der Waals surface area contributed by atoms with Crippen molar-refractivity contribution in [3.05, 3.63) is 58.9 Å². The van der Waals surface area contributed by atoms with E-state index in [-0.39, 0.29) is 5.82 Å². The predicted molar refractivity (Wildman–Crippen MR) is 61.6 cm³/mol.